The third-order valence-electron chi connectivity index (χ3n) is 6.23. The summed E-state index contributed by atoms with van der Waals surface area (Å²) in [6.45, 7) is 3.15. The second-order valence-electron chi connectivity index (χ2n) is 8.47. The minimum absolute atomic E-state index is 0.193. The Morgan fingerprint density at radius 3 is 2.41 bits per heavy atom. The second kappa shape index (κ2) is 12.7. The minimum atomic E-state index is -0.561. The number of ether oxygens (including phenoxy) is 2. The van der Waals surface area contributed by atoms with E-state index in [-0.39, 0.29) is 17.6 Å². The van der Waals surface area contributed by atoms with Gasteiger partial charge in [0.1, 0.15) is 11.9 Å². The molecule has 0 unspecified atom stereocenters. The van der Waals surface area contributed by atoms with Crippen molar-refractivity contribution in [1.82, 2.24) is 10.4 Å². The van der Waals surface area contributed by atoms with Gasteiger partial charge in [-0.3, -0.25) is 9.63 Å². The Hall–Kier alpha value is -2.72. The third-order valence-corrected chi connectivity index (χ3v) is 6.23. The number of piperidine rings is 1. The van der Waals surface area contributed by atoms with E-state index in [1.165, 1.54) is 12.1 Å². The number of aliphatic hydroxyl groups is 1. The maximum Gasteiger partial charge on any atom is 0.262 e. The van der Waals surface area contributed by atoms with E-state index in [2.05, 4.69) is 15.2 Å². The molecule has 2 fully saturated rings. The molecular formula is C25H34FN3O5. The first-order valence-electron chi connectivity index (χ1n) is 11.5. The summed E-state index contributed by atoms with van der Waals surface area (Å²) in [5.41, 5.74) is 9.19. The number of hydrogen-bond acceptors (Lipinski definition) is 7. The molecule has 0 aliphatic carbocycles. The standard InChI is InChI=1S/C22H28FNO3.C3H6N2O2/c1-26-20-5-3-4-19(22(20)27-2)21(25)17-11-14-24(15-12-17)13-10-16-6-8-18(23)9-7-16;4-2-1-7-5-3(2)6/h3-9,17,21,25H,10-15H2,1-2H3;2H,1,4H2,(H,5,6)/t21-;2-/m11/s1. The summed E-state index contributed by atoms with van der Waals surface area (Å²) in [7, 11) is 3.21. The molecule has 2 atom stereocenters. The number of nitrogens with one attached hydrogen (secondary N) is 1. The molecule has 8 nitrogen and oxygen atoms in total. The fourth-order valence-corrected chi connectivity index (χ4v) is 4.18. The van der Waals surface area contributed by atoms with Gasteiger partial charge in [-0.2, -0.15) is 0 Å². The van der Waals surface area contributed by atoms with Crippen molar-refractivity contribution in [3.63, 3.8) is 0 Å². The lowest BCUT2D eigenvalue weighted by atomic mass is 9.87. The Labute approximate surface area is 199 Å². The normalized spacial score (nSPS) is 19.7. The van der Waals surface area contributed by atoms with E-state index in [1.807, 2.05) is 30.3 Å². The van der Waals surface area contributed by atoms with Crippen molar-refractivity contribution in [1.29, 1.82) is 0 Å². The fourth-order valence-electron chi connectivity index (χ4n) is 4.18. The zero-order valence-corrected chi connectivity index (χ0v) is 19.7. The van der Waals surface area contributed by atoms with Crippen molar-refractivity contribution >= 4 is 5.91 Å². The Morgan fingerprint density at radius 2 is 1.88 bits per heavy atom. The number of aliphatic hydroxyl groups excluding tert-OH is 1. The maximum atomic E-state index is 13.0. The van der Waals surface area contributed by atoms with Crippen molar-refractivity contribution < 1.29 is 28.6 Å². The number of rotatable bonds is 7. The number of carbonyl (C=O) groups excluding carboxylic acids is 1. The number of carbonyl (C=O) groups is 1. The highest BCUT2D eigenvalue weighted by Crippen LogP contribution is 2.39. The Morgan fingerprint density at radius 1 is 1.18 bits per heavy atom. The summed E-state index contributed by atoms with van der Waals surface area (Å²) in [5, 5.41) is 10.9. The lowest BCUT2D eigenvalue weighted by Gasteiger charge is -2.34. The smallest absolute Gasteiger partial charge is 0.262 e. The van der Waals surface area contributed by atoms with Gasteiger partial charge in [0.15, 0.2) is 11.5 Å². The Bertz CT molecular complexity index is 919. The highest BCUT2D eigenvalue weighted by Gasteiger charge is 2.29. The molecule has 1 amide bonds. The number of amides is 1. The summed E-state index contributed by atoms with van der Waals surface area (Å²) in [5.74, 6) is 1.03. The van der Waals surface area contributed by atoms with Crippen molar-refractivity contribution in [3.05, 3.63) is 59.4 Å². The Balaban J connectivity index is 0.000000396. The first-order valence-corrected chi connectivity index (χ1v) is 11.5. The van der Waals surface area contributed by atoms with Crippen molar-refractivity contribution in [2.75, 3.05) is 40.5 Å². The van der Waals surface area contributed by atoms with Crippen LogP contribution in [-0.2, 0) is 16.1 Å². The van der Waals surface area contributed by atoms with Crippen LogP contribution in [0.25, 0.3) is 0 Å². The SMILES string of the molecule is COc1cccc([C@H](O)C2CCN(CCc3ccc(F)cc3)CC2)c1OC.N[C@@H]1CONC1=O. The monoisotopic (exact) mass is 475 g/mol. The fraction of sp³-hybridized carbons (Fsp3) is 0.480. The summed E-state index contributed by atoms with van der Waals surface area (Å²) in [6, 6.07) is 11.9. The van der Waals surface area contributed by atoms with Crippen LogP contribution >= 0.6 is 0 Å². The van der Waals surface area contributed by atoms with E-state index >= 15 is 0 Å². The number of halogens is 1. The van der Waals surface area contributed by atoms with Gasteiger partial charge in [-0.15, -0.1) is 0 Å². The molecule has 34 heavy (non-hydrogen) atoms. The molecule has 0 saturated carbocycles. The van der Waals surface area contributed by atoms with Crippen LogP contribution in [0.1, 0.15) is 30.1 Å². The Kier molecular flexibility index (Phi) is 9.64. The minimum Gasteiger partial charge on any atom is -0.493 e. The molecule has 2 aromatic rings. The van der Waals surface area contributed by atoms with Crippen LogP contribution < -0.4 is 20.7 Å². The number of methoxy groups -OCH3 is 2. The summed E-state index contributed by atoms with van der Waals surface area (Å²) in [6.07, 6.45) is 2.22. The van der Waals surface area contributed by atoms with Gasteiger partial charge >= 0.3 is 0 Å². The van der Waals surface area contributed by atoms with Crippen LogP contribution in [0.4, 0.5) is 4.39 Å². The number of hydroxylamine groups is 1. The molecule has 0 aromatic heterocycles. The van der Waals surface area contributed by atoms with E-state index in [0.717, 1.165) is 50.0 Å². The van der Waals surface area contributed by atoms with Crippen molar-refractivity contribution in [3.8, 4) is 11.5 Å². The van der Waals surface area contributed by atoms with Gasteiger partial charge in [-0.05, 0) is 62.0 Å². The average molecular weight is 476 g/mol. The van der Waals surface area contributed by atoms with Crippen LogP contribution in [0, 0.1) is 11.7 Å². The van der Waals surface area contributed by atoms with E-state index in [9.17, 15) is 14.3 Å². The topological polar surface area (TPSA) is 106 Å². The van der Waals surface area contributed by atoms with Crippen LogP contribution in [0.2, 0.25) is 0 Å². The van der Waals surface area contributed by atoms with Crippen molar-refractivity contribution in [2.24, 2.45) is 11.7 Å². The molecule has 4 N–H and O–H groups in total. The molecule has 2 aliphatic heterocycles. The van der Waals surface area contributed by atoms with Gasteiger partial charge in [-0.1, -0.05) is 24.3 Å². The zero-order valence-electron chi connectivity index (χ0n) is 19.7. The number of benzene rings is 2. The lowest BCUT2D eigenvalue weighted by molar-refractivity contribution is -0.124. The molecule has 2 heterocycles. The van der Waals surface area contributed by atoms with E-state index < -0.39 is 12.1 Å². The number of para-hydroxylation sites is 1. The van der Waals surface area contributed by atoms with Crippen LogP contribution in [0.3, 0.4) is 0 Å². The first kappa shape index (κ1) is 25.9. The molecule has 9 heteroatoms. The van der Waals surface area contributed by atoms with Crippen LogP contribution in [0.5, 0.6) is 11.5 Å². The van der Waals surface area contributed by atoms with Gasteiger partial charge in [0.05, 0.1) is 26.9 Å². The second-order valence-corrected chi connectivity index (χ2v) is 8.47. The van der Waals surface area contributed by atoms with Gasteiger partial charge in [0.25, 0.3) is 5.91 Å². The van der Waals surface area contributed by atoms with E-state index in [4.69, 9.17) is 15.2 Å². The van der Waals surface area contributed by atoms with Crippen LogP contribution in [-0.4, -0.2) is 62.4 Å². The van der Waals surface area contributed by atoms with Gasteiger partial charge < -0.3 is 25.2 Å². The zero-order chi connectivity index (χ0) is 24.5. The molecule has 0 spiro atoms. The molecule has 4 rings (SSSR count). The molecule has 2 aromatic carbocycles. The van der Waals surface area contributed by atoms with Gasteiger partial charge in [0, 0.05) is 12.1 Å². The molecule has 0 bridgehead atoms. The quantitative estimate of drug-likeness (QED) is 0.564. The van der Waals surface area contributed by atoms with Crippen molar-refractivity contribution in [2.45, 2.75) is 31.4 Å². The lowest BCUT2D eigenvalue weighted by Crippen LogP contribution is -2.36. The molecule has 0 radical (unpaired) electrons. The molecule has 186 valence electrons. The molecular weight excluding hydrogens is 441 g/mol. The highest BCUT2D eigenvalue weighted by molar-refractivity contribution is 5.81. The third kappa shape index (κ3) is 6.89. The van der Waals surface area contributed by atoms with Gasteiger partial charge in [0.2, 0.25) is 0 Å². The number of likely N-dealkylation sites (tertiary alicyclic amines) is 1. The largest absolute Gasteiger partial charge is 0.493 e. The van der Waals surface area contributed by atoms with Gasteiger partial charge in [-0.25, -0.2) is 9.87 Å². The summed E-state index contributed by atoms with van der Waals surface area (Å²) >= 11 is 0. The highest BCUT2D eigenvalue weighted by atomic mass is 19.1. The predicted octanol–water partition coefficient (Wildman–Crippen LogP) is 2.21. The number of nitrogens with zero attached hydrogens (tertiary/aromatic N) is 1. The molecule has 2 saturated heterocycles. The van der Waals surface area contributed by atoms with Crippen LogP contribution in [0.15, 0.2) is 42.5 Å². The predicted molar refractivity (Wildman–Crippen MR) is 126 cm³/mol. The summed E-state index contributed by atoms with van der Waals surface area (Å²) < 4.78 is 23.8. The molecule has 2 aliphatic rings. The maximum absolute atomic E-state index is 13.0. The number of hydrogen-bond donors (Lipinski definition) is 3. The average Bonchev–Trinajstić information content (AvgIpc) is 3.25. The van der Waals surface area contributed by atoms with E-state index in [0.29, 0.717) is 18.1 Å². The summed E-state index contributed by atoms with van der Waals surface area (Å²) in [4.78, 5) is 17.1. The van der Waals surface area contributed by atoms with E-state index in [1.54, 1.807) is 14.2 Å². The first-order chi connectivity index (χ1) is 16.4. The number of nitrogens with two attached hydrogens (primary N) is 1.